The number of hydrogen-bond donors (Lipinski definition) is 1. The topological polar surface area (TPSA) is 61.9 Å². The average molecular weight is 368 g/mol. The Labute approximate surface area is 154 Å². The molecule has 0 radical (unpaired) electrons. The van der Waals surface area contributed by atoms with E-state index < -0.39 is 0 Å². The monoisotopic (exact) mass is 367 g/mol. The van der Waals surface area contributed by atoms with Crippen molar-refractivity contribution >= 4 is 24.2 Å². The Balaban J connectivity index is 0.00000225. The fourth-order valence-corrected chi connectivity index (χ4v) is 3.44. The summed E-state index contributed by atoms with van der Waals surface area (Å²) in [5, 5.41) is 3.10. The van der Waals surface area contributed by atoms with Gasteiger partial charge in [-0.25, -0.2) is 0 Å². The van der Waals surface area contributed by atoms with Crippen LogP contribution in [-0.2, 0) is 4.79 Å². The highest BCUT2D eigenvalue weighted by atomic mass is 35.5. The summed E-state index contributed by atoms with van der Waals surface area (Å²) in [4.78, 5) is 28.6. The SMILES string of the molecule is CCOc1ccc(C(=O)N2CCCC(N3CCNCC3=O)C2)cc1.Cl. The Bertz CT molecular complexity index is 594. The number of likely N-dealkylation sites (tertiary alicyclic amines) is 1. The zero-order valence-electron chi connectivity index (χ0n) is 14.6. The van der Waals surface area contributed by atoms with Crippen molar-refractivity contribution < 1.29 is 14.3 Å². The lowest BCUT2D eigenvalue weighted by molar-refractivity contribution is -0.135. The third kappa shape index (κ3) is 4.64. The van der Waals surface area contributed by atoms with Gasteiger partial charge in [-0.2, -0.15) is 0 Å². The first kappa shape index (κ1) is 19.5. The van der Waals surface area contributed by atoms with E-state index in [1.54, 1.807) is 0 Å². The lowest BCUT2D eigenvalue weighted by Crippen LogP contribution is -2.57. The van der Waals surface area contributed by atoms with E-state index in [0.717, 1.165) is 38.2 Å². The number of hydrogen-bond acceptors (Lipinski definition) is 4. The lowest BCUT2D eigenvalue weighted by atomic mass is 10.0. The van der Waals surface area contributed by atoms with Crippen LogP contribution in [0, 0.1) is 0 Å². The third-order valence-electron chi connectivity index (χ3n) is 4.66. The smallest absolute Gasteiger partial charge is 0.253 e. The highest BCUT2D eigenvalue weighted by molar-refractivity contribution is 5.94. The largest absolute Gasteiger partial charge is 0.494 e. The van der Waals surface area contributed by atoms with Crippen LogP contribution in [0.25, 0.3) is 0 Å². The molecule has 1 unspecified atom stereocenters. The number of benzene rings is 1. The van der Waals surface area contributed by atoms with Gasteiger partial charge in [-0.3, -0.25) is 9.59 Å². The zero-order chi connectivity index (χ0) is 16.9. The summed E-state index contributed by atoms with van der Waals surface area (Å²) in [5.74, 6) is 0.948. The highest BCUT2D eigenvalue weighted by Gasteiger charge is 2.31. The van der Waals surface area contributed by atoms with Crippen LogP contribution in [0.4, 0.5) is 0 Å². The Morgan fingerprint density at radius 1 is 1.28 bits per heavy atom. The zero-order valence-corrected chi connectivity index (χ0v) is 15.4. The molecule has 0 spiro atoms. The predicted molar refractivity (Wildman–Crippen MR) is 98.4 cm³/mol. The fraction of sp³-hybridized carbons (Fsp3) is 0.556. The van der Waals surface area contributed by atoms with Gasteiger partial charge in [0.1, 0.15) is 5.75 Å². The first-order valence-corrected chi connectivity index (χ1v) is 8.71. The molecule has 0 aromatic heterocycles. The third-order valence-corrected chi connectivity index (χ3v) is 4.66. The van der Waals surface area contributed by atoms with E-state index in [2.05, 4.69) is 5.32 Å². The van der Waals surface area contributed by atoms with Gasteiger partial charge in [-0.05, 0) is 44.0 Å². The molecule has 0 aliphatic carbocycles. The standard InChI is InChI=1S/C18H25N3O3.ClH/c1-2-24-16-7-5-14(6-8-16)18(23)20-10-3-4-15(13-20)21-11-9-19-12-17(21)22;/h5-8,15,19H,2-4,9-13H2,1H3;1H. The molecule has 2 heterocycles. The molecule has 7 heteroatoms. The quantitative estimate of drug-likeness (QED) is 0.877. The molecule has 3 rings (SSSR count). The number of carbonyl (C=O) groups excluding carboxylic acids is 2. The van der Waals surface area contributed by atoms with Crippen LogP contribution < -0.4 is 10.1 Å². The van der Waals surface area contributed by atoms with E-state index in [1.165, 1.54) is 0 Å². The molecule has 138 valence electrons. The van der Waals surface area contributed by atoms with Crippen LogP contribution in [0.5, 0.6) is 5.75 Å². The molecular formula is C18H26ClN3O3. The van der Waals surface area contributed by atoms with E-state index in [9.17, 15) is 9.59 Å². The van der Waals surface area contributed by atoms with Gasteiger partial charge in [-0.15, -0.1) is 12.4 Å². The van der Waals surface area contributed by atoms with Crippen molar-refractivity contribution in [3.05, 3.63) is 29.8 Å². The number of rotatable bonds is 4. The van der Waals surface area contributed by atoms with Crippen molar-refractivity contribution in [1.29, 1.82) is 0 Å². The molecule has 0 bridgehead atoms. The van der Waals surface area contributed by atoms with Gasteiger partial charge in [0.25, 0.3) is 5.91 Å². The minimum absolute atomic E-state index is 0. The Morgan fingerprint density at radius 3 is 2.72 bits per heavy atom. The van der Waals surface area contributed by atoms with E-state index in [4.69, 9.17) is 4.74 Å². The van der Waals surface area contributed by atoms with Crippen molar-refractivity contribution in [3.63, 3.8) is 0 Å². The van der Waals surface area contributed by atoms with Crippen LogP contribution >= 0.6 is 12.4 Å². The van der Waals surface area contributed by atoms with Crippen molar-refractivity contribution in [2.24, 2.45) is 0 Å². The average Bonchev–Trinajstić information content (AvgIpc) is 2.62. The second-order valence-electron chi connectivity index (χ2n) is 6.27. The lowest BCUT2D eigenvalue weighted by Gasteiger charge is -2.41. The molecule has 6 nitrogen and oxygen atoms in total. The summed E-state index contributed by atoms with van der Waals surface area (Å²) < 4.78 is 5.42. The van der Waals surface area contributed by atoms with E-state index in [0.29, 0.717) is 25.3 Å². The number of piperidine rings is 1. The highest BCUT2D eigenvalue weighted by Crippen LogP contribution is 2.20. The van der Waals surface area contributed by atoms with Gasteiger partial charge < -0.3 is 19.9 Å². The first-order valence-electron chi connectivity index (χ1n) is 8.71. The van der Waals surface area contributed by atoms with Gasteiger partial charge >= 0.3 is 0 Å². The Morgan fingerprint density at radius 2 is 2.04 bits per heavy atom. The van der Waals surface area contributed by atoms with Crippen LogP contribution in [0.2, 0.25) is 0 Å². The molecule has 2 amide bonds. The van der Waals surface area contributed by atoms with Gasteiger partial charge in [-0.1, -0.05) is 0 Å². The normalized spacial score (nSPS) is 20.8. The molecule has 2 aliphatic rings. The second-order valence-corrected chi connectivity index (χ2v) is 6.27. The van der Waals surface area contributed by atoms with Gasteiger partial charge in [0.15, 0.2) is 0 Å². The number of amides is 2. The van der Waals surface area contributed by atoms with Crippen LogP contribution in [-0.4, -0.2) is 67.0 Å². The fourth-order valence-electron chi connectivity index (χ4n) is 3.44. The molecule has 25 heavy (non-hydrogen) atoms. The summed E-state index contributed by atoms with van der Waals surface area (Å²) in [6.07, 6.45) is 1.91. The van der Waals surface area contributed by atoms with Crippen molar-refractivity contribution in [2.75, 3.05) is 39.3 Å². The molecule has 1 N–H and O–H groups in total. The maximum atomic E-state index is 12.7. The van der Waals surface area contributed by atoms with Gasteiger partial charge in [0.2, 0.25) is 5.91 Å². The molecule has 2 aliphatic heterocycles. The summed E-state index contributed by atoms with van der Waals surface area (Å²) in [5.41, 5.74) is 0.672. The van der Waals surface area contributed by atoms with Crippen LogP contribution in [0.15, 0.2) is 24.3 Å². The predicted octanol–water partition coefficient (Wildman–Crippen LogP) is 1.54. The molecule has 1 aromatic carbocycles. The second kappa shape index (κ2) is 9.06. The number of nitrogens with one attached hydrogen (secondary N) is 1. The molecule has 0 saturated carbocycles. The van der Waals surface area contributed by atoms with E-state index >= 15 is 0 Å². The number of carbonyl (C=O) groups is 2. The maximum Gasteiger partial charge on any atom is 0.253 e. The van der Waals surface area contributed by atoms with Crippen LogP contribution in [0.3, 0.4) is 0 Å². The van der Waals surface area contributed by atoms with Gasteiger partial charge in [0, 0.05) is 37.8 Å². The minimum atomic E-state index is 0. The van der Waals surface area contributed by atoms with Gasteiger partial charge in [0.05, 0.1) is 13.2 Å². The van der Waals surface area contributed by atoms with E-state index in [-0.39, 0.29) is 30.3 Å². The summed E-state index contributed by atoms with van der Waals surface area (Å²) >= 11 is 0. The Hall–Kier alpha value is -1.79. The van der Waals surface area contributed by atoms with Crippen LogP contribution in [0.1, 0.15) is 30.1 Å². The summed E-state index contributed by atoms with van der Waals surface area (Å²) in [6, 6.07) is 7.43. The van der Waals surface area contributed by atoms with Crippen molar-refractivity contribution in [2.45, 2.75) is 25.8 Å². The molecular weight excluding hydrogens is 342 g/mol. The first-order chi connectivity index (χ1) is 11.7. The van der Waals surface area contributed by atoms with Crippen molar-refractivity contribution in [1.82, 2.24) is 15.1 Å². The van der Waals surface area contributed by atoms with Crippen molar-refractivity contribution in [3.8, 4) is 5.75 Å². The maximum absolute atomic E-state index is 12.7. The molecule has 1 atom stereocenters. The van der Waals surface area contributed by atoms with E-state index in [1.807, 2.05) is 41.0 Å². The summed E-state index contributed by atoms with van der Waals surface area (Å²) in [6.45, 7) is 5.89. The molecule has 2 saturated heterocycles. The molecule has 2 fully saturated rings. The Kier molecular flexibility index (Phi) is 7.08. The number of halogens is 1. The minimum Gasteiger partial charge on any atom is -0.494 e. The molecule has 1 aromatic rings. The number of ether oxygens (including phenoxy) is 1. The number of nitrogens with zero attached hydrogens (tertiary/aromatic N) is 2. The summed E-state index contributed by atoms with van der Waals surface area (Å²) in [7, 11) is 0. The number of piperazine rings is 1.